The van der Waals surface area contributed by atoms with Crippen LogP contribution in [0.15, 0.2) is 30.6 Å². The molecule has 2 aromatic rings. The summed E-state index contributed by atoms with van der Waals surface area (Å²) in [5, 5.41) is 16.8. The molecule has 2 amide bonds. The number of ether oxygens (including phenoxy) is 1. The van der Waals surface area contributed by atoms with E-state index < -0.39 is 29.6 Å². The molecule has 0 spiro atoms. The van der Waals surface area contributed by atoms with Crippen LogP contribution in [-0.4, -0.2) is 50.4 Å². The number of hydrogen-bond donors (Lipinski definition) is 1. The highest BCUT2D eigenvalue weighted by Gasteiger charge is 2.71. The number of aromatic nitrogens is 2. The van der Waals surface area contributed by atoms with Gasteiger partial charge in [0.05, 0.1) is 12.3 Å². The third-order valence-electron chi connectivity index (χ3n) is 8.15. The van der Waals surface area contributed by atoms with Crippen LogP contribution in [-0.2, 0) is 22.5 Å². The van der Waals surface area contributed by atoms with Crippen molar-refractivity contribution in [3.8, 4) is 17.2 Å². The van der Waals surface area contributed by atoms with E-state index in [1.54, 1.807) is 48.7 Å². The maximum atomic E-state index is 15.0. The van der Waals surface area contributed by atoms with Gasteiger partial charge in [0.2, 0.25) is 5.91 Å². The van der Waals surface area contributed by atoms with Gasteiger partial charge in [-0.1, -0.05) is 19.1 Å². The van der Waals surface area contributed by atoms with Crippen LogP contribution in [0.3, 0.4) is 0 Å². The van der Waals surface area contributed by atoms with E-state index in [4.69, 9.17) is 4.74 Å². The van der Waals surface area contributed by atoms with E-state index in [-0.39, 0.29) is 24.3 Å². The van der Waals surface area contributed by atoms with Crippen molar-refractivity contribution >= 4 is 12.0 Å². The molecule has 3 fully saturated rings. The normalized spacial score (nSPS) is 28.4. The number of piperidine rings is 1. The molecule has 2 saturated carbocycles. The number of aryl methyl sites for hydroxylation is 1. The number of amides is 2. The van der Waals surface area contributed by atoms with E-state index >= 15 is 0 Å². The van der Waals surface area contributed by atoms with Gasteiger partial charge in [0.1, 0.15) is 23.5 Å². The molecule has 37 heavy (non-hydrogen) atoms. The maximum Gasteiger partial charge on any atom is 0.411 e. The first-order chi connectivity index (χ1) is 17.5. The standard InChI is InChI=1S/C28H34FN5O3/c1-6-33-14-18(13-31-33)16-7-8-17(21(29)10-16)9-19(12-30)32-26(35)25-20-11-22(24-15(2)23(20)24)34(25)27(36)37-28(3,4)5/h7-8,10,13-15,19-20,22-25H,6,9,11H2,1-5H3,(H,32,35)/t15-,19-,20+,22-,23?,24+,25-/m0/s1. The summed E-state index contributed by atoms with van der Waals surface area (Å²) in [6.45, 7) is 10.3. The molecule has 2 bridgehead atoms. The second-order valence-corrected chi connectivity index (χ2v) is 11.6. The third-order valence-corrected chi connectivity index (χ3v) is 8.15. The number of rotatable bonds is 6. The zero-order chi connectivity index (χ0) is 26.6. The second kappa shape index (κ2) is 9.16. The summed E-state index contributed by atoms with van der Waals surface area (Å²) in [5.41, 5.74) is 1.17. The van der Waals surface area contributed by atoms with E-state index in [2.05, 4.69) is 23.4 Å². The van der Waals surface area contributed by atoms with Gasteiger partial charge in [-0.2, -0.15) is 10.4 Å². The molecule has 1 unspecified atom stereocenters. The topological polar surface area (TPSA) is 100 Å². The van der Waals surface area contributed by atoms with Crippen molar-refractivity contribution < 1.29 is 18.7 Å². The number of nitrogens with zero attached hydrogens (tertiary/aromatic N) is 4. The van der Waals surface area contributed by atoms with E-state index in [1.807, 2.05) is 13.1 Å². The lowest BCUT2D eigenvalue weighted by Gasteiger charge is -2.35. The van der Waals surface area contributed by atoms with E-state index in [0.29, 0.717) is 28.9 Å². The largest absolute Gasteiger partial charge is 0.444 e. The summed E-state index contributed by atoms with van der Waals surface area (Å²) in [5.74, 6) is 0.535. The number of nitrogens with one attached hydrogen (secondary N) is 1. The van der Waals surface area contributed by atoms with Gasteiger partial charge < -0.3 is 10.1 Å². The Bertz CT molecular complexity index is 1260. The first kappa shape index (κ1) is 25.2. The molecule has 1 N–H and O–H groups in total. The minimum Gasteiger partial charge on any atom is -0.444 e. The van der Waals surface area contributed by atoms with Crippen LogP contribution in [0, 0.1) is 40.8 Å². The summed E-state index contributed by atoms with van der Waals surface area (Å²) in [7, 11) is 0. The Morgan fingerprint density at radius 1 is 1.30 bits per heavy atom. The molecule has 9 heteroatoms. The number of benzene rings is 1. The Morgan fingerprint density at radius 2 is 2.05 bits per heavy atom. The monoisotopic (exact) mass is 507 g/mol. The maximum absolute atomic E-state index is 15.0. The van der Waals surface area contributed by atoms with Gasteiger partial charge in [0.25, 0.3) is 0 Å². The molecular formula is C28H34FN5O3. The van der Waals surface area contributed by atoms with Crippen molar-refractivity contribution in [1.82, 2.24) is 20.0 Å². The van der Waals surface area contributed by atoms with Gasteiger partial charge in [-0.05, 0) is 75.0 Å². The number of carbonyl (C=O) groups excluding carboxylic acids is 2. The molecule has 8 nitrogen and oxygen atoms in total. The summed E-state index contributed by atoms with van der Waals surface area (Å²) in [6, 6.07) is 5.34. The molecule has 3 aliphatic rings. The van der Waals surface area contributed by atoms with Crippen LogP contribution in [0.5, 0.6) is 0 Å². The van der Waals surface area contributed by atoms with Crippen LogP contribution in [0.4, 0.5) is 9.18 Å². The minimum absolute atomic E-state index is 0.0156. The predicted molar refractivity (Wildman–Crippen MR) is 134 cm³/mol. The molecule has 5 rings (SSSR count). The van der Waals surface area contributed by atoms with Crippen molar-refractivity contribution in [2.75, 3.05) is 0 Å². The van der Waals surface area contributed by atoms with Crippen LogP contribution >= 0.6 is 0 Å². The molecular weight excluding hydrogens is 473 g/mol. The first-order valence-electron chi connectivity index (χ1n) is 13.0. The lowest BCUT2D eigenvalue weighted by molar-refractivity contribution is -0.128. The molecule has 1 aromatic carbocycles. The smallest absolute Gasteiger partial charge is 0.411 e. The van der Waals surface area contributed by atoms with Gasteiger partial charge in [0, 0.05) is 30.8 Å². The predicted octanol–water partition coefficient (Wildman–Crippen LogP) is 4.15. The Kier molecular flexibility index (Phi) is 6.25. The van der Waals surface area contributed by atoms with Gasteiger partial charge in [-0.15, -0.1) is 0 Å². The lowest BCUT2D eigenvalue weighted by atomic mass is 9.94. The SMILES string of the molecule is CCn1cc(-c2ccc(C[C@@H](C#N)NC(=O)[C@@H]3[C@@H]4C[C@@H]([C@@H]5C4[C@@H]5C)N3C(=O)OC(C)(C)C)c(F)c2)cn1. The van der Waals surface area contributed by atoms with Crippen molar-refractivity contribution in [2.45, 2.75) is 77.7 Å². The summed E-state index contributed by atoms with van der Waals surface area (Å²) in [6.07, 6.45) is 3.85. The molecule has 2 heterocycles. The van der Waals surface area contributed by atoms with Gasteiger partial charge in [-0.25, -0.2) is 9.18 Å². The number of halogens is 1. The van der Waals surface area contributed by atoms with Crippen LogP contribution in [0.25, 0.3) is 11.1 Å². The molecule has 0 radical (unpaired) electrons. The van der Waals surface area contributed by atoms with Crippen molar-refractivity contribution in [1.29, 1.82) is 5.26 Å². The van der Waals surface area contributed by atoms with Crippen LogP contribution < -0.4 is 5.32 Å². The van der Waals surface area contributed by atoms with Crippen LogP contribution in [0.2, 0.25) is 0 Å². The third kappa shape index (κ3) is 4.58. The number of nitriles is 1. The number of fused-ring (bicyclic) bond motifs is 5. The molecule has 2 aliphatic carbocycles. The highest BCUT2D eigenvalue weighted by molar-refractivity contribution is 5.88. The minimum atomic E-state index is -0.928. The first-order valence-corrected chi connectivity index (χ1v) is 13.0. The number of carbonyl (C=O) groups is 2. The van der Waals surface area contributed by atoms with E-state index in [0.717, 1.165) is 18.5 Å². The zero-order valence-electron chi connectivity index (χ0n) is 21.9. The molecule has 1 saturated heterocycles. The molecule has 1 aromatic heterocycles. The zero-order valence-corrected chi connectivity index (χ0v) is 21.9. The van der Waals surface area contributed by atoms with Crippen molar-refractivity contribution in [2.24, 2.45) is 23.7 Å². The highest BCUT2D eigenvalue weighted by atomic mass is 19.1. The average Bonchev–Trinajstić information content (AvgIpc) is 3.24. The number of likely N-dealkylation sites (tertiary alicyclic amines) is 1. The van der Waals surface area contributed by atoms with Gasteiger partial charge in [0.15, 0.2) is 0 Å². The van der Waals surface area contributed by atoms with E-state index in [1.165, 1.54) is 6.07 Å². The quantitative estimate of drug-likeness (QED) is 0.633. The summed E-state index contributed by atoms with van der Waals surface area (Å²) >= 11 is 0. The number of hydrogen-bond acceptors (Lipinski definition) is 5. The van der Waals surface area contributed by atoms with Crippen LogP contribution in [0.1, 0.15) is 46.6 Å². The van der Waals surface area contributed by atoms with Crippen molar-refractivity contribution in [3.63, 3.8) is 0 Å². The fourth-order valence-corrected chi connectivity index (χ4v) is 6.52. The molecule has 1 aliphatic heterocycles. The Hall–Kier alpha value is -3.41. The Labute approximate surface area is 216 Å². The van der Waals surface area contributed by atoms with E-state index in [9.17, 15) is 19.2 Å². The second-order valence-electron chi connectivity index (χ2n) is 11.6. The fourth-order valence-electron chi connectivity index (χ4n) is 6.52. The molecule has 7 atom stereocenters. The van der Waals surface area contributed by atoms with Gasteiger partial charge in [-0.3, -0.25) is 14.4 Å². The highest BCUT2D eigenvalue weighted by Crippen LogP contribution is 2.67. The average molecular weight is 508 g/mol. The summed E-state index contributed by atoms with van der Waals surface area (Å²) in [4.78, 5) is 28.2. The van der Waals surface area contributed by atoms with Crippen molar-refractivity contribution in [3.05, 3.63) is 42.0 Å². The van der Waals surface area contributed by atoms with Gasteiger partial charge >= 0.3 is 6.09 Å². The summed E-state index contributed by atoms with van der Waals surface area (Å²) < 4.78 is 22.4. The Balaban J connectivity index is 1.30. The molecule has 196 valence electrons. The lowest BCUT2D eigenvalue weighted by Crippen LogP contribution is -2.56. The Morgan fingerprint density at radius 3 is 2.68 bits per heavy atom. The fraction of sp³-hybridized carbons (Fsp3) is 0.571.